The molecule has 0 bridgehead atoms. The molecular weight excluding hydrogens is 319 g/mol. The van der Waals surface area contributed by atoms with Crippen molar-refractivity contribution in [3.05, 3.63) is 68.9 Å². The second-order valence-corrected chi connectivity index (χ2v) is 5.17. The molecule has 2 rings (SSSR count). The first-order valence-corrected chi connectivity index (χ1v) is 6.45. The number of halogens is 3. The van der Waals surface area contributed by atoms with Crippen LogP contribution in [0, 0.1) is 5.82 Å². The van der Waals surface area contributed by atoms with Gasteiger partial charge in [0.05, 0.1) is 6.04 Å². The highest BCUT2D eigenvalue weighted by Crippen LogP contribution is 2.27. The van der Waals surface area contributed by atoms with Crippen molar-refractivity contribution in [2.24, 2.45) is 5.84 Å². The lowest BCUT2D eigenvalue weighted by atomic mass is 9.99. The molecule has 1 unspecified atom stereocenters. The highest BCUT2D eigenvalue weighted by Gasteiger charge is 2.17. The van der Waals surface area contributed by atoms with Gasteiger partial charge in [-0.1, -0.05) is 39.7 Å². The van der Waals surface area contributed by atoms with E-state index in [9.17, 15) is 4.39 Å². The first-order chi connectivity index (χ1) is 8.61. The number of benzene rings is 2. The molecule has 0 aliphatic heterocycles. The predicted molar refractivity (Wildman–Crippen MR) is 74.7 cm³/mol. The standard InChI is InChI=1S/C13H11BrClFN2/c14-9-4-5-12(16)11(7-9)13(18-17)8-2-1-3-10(15)6-8/h1-7,13,18H,17H2. The van der Waals surface area contributed by atoms with Crippen LogP contribution in [0.2, 0.25) is 5.02 Å². The fourth-order valence-electron chi connectivity index (χ4n) is 1.79. The summed E-state index contributed by atoms with van der Waals surface area (Å²) in [6.07, 6.45) is 0. The van der Waals surface area contributed by atoms with E-state index in [0.29, 0.717) is 10.6 Å². The van der Waals surface area contributed by atoms with E-state index in [4.69, 9.17) is 17.4 Å². The summed E-state index contributed by atoms with van der Waals surface area (Å²) in [6, 6.07) is 11.5. The van der Waals surface area contributed by atoms with Crippen LogP contribution in [-0.4, -0.2) is 0 Å². The van der Waals surface area contributed by atoms with Crippen LogP contribution in [0.4, 0.5) is 4.39 Å². The van der Waals surface area contributed by atoms with Crippen molar-refractivity contribution in [3.63, 3.8) is 0 Å². The van der Waals surface area contributed by atoms with Crippen molar-refractivity contribution >= 4 is 27.5 Å². The summed E-state index contributed by atoms with van der Waals surface area (Å²) < 4.78 is 14.6. The topological polar surface area (TPSA) is 38.0 Å². The monoisotopic (exact) mass is 328 g/mol. The van der Waals surface area contributed by atoms with Gasteiger partial charge in [-0.25, -0.2) is 9.82 Å². The zero-order valence-corrected chi connectivity index (χ0v) is 11.7. The predicted octanol–water partition coefficient (Wildman–Crippen LogP) is 3.79. The zero-order valence-electron chi connectivity index (χ0n) is 9.33. The molecule has 0 radical (unpaired) electrons. The maximum absolute atomic E-state index is 13.8. The number of hydrogen-bond donors (Lipinski definition) is 2. The Morgan fingerprint density at radius 3 is 2.67 bits per heavy atom. The summed E-state index contributed by atoms with van der Waals surface area (Å²) in [6.45, 7) is 0. The van der Waals surface area contributed by atoms with Gasteiger partial charge < -0.3 is 0 Å². The summed E-state index contributed by atoms with van der Waals surface area (Å²) in [5.41, 5.74) is 3.88. The molecule has 18 heavy (non-hydrogen) atoms. The Hall–Kier alpha value is -0.940. The molecule has 5 heteroatoms. The first-order valence-electron chi connectivity index (χ1n) is 5.28. The van der Waals surface area contributed by atoms with E-state index in [0.717, 1.165) is 10.0 Å². The van der Waals surface area contributed by atoms with E-state index in [1.165, 1.54) is 6.07 Å². The summed E-state index contributed by atoms with van der Waals surface area (Å²) in [4.78, 5) is 0. The minimum Gasteiger partial charge on any atom is -0.271 e. The molecule has 0 aromatic heterocycles. The minimum absolute atomic E-state index is 0.318. The highest BCUT2D eigenvalue weighted by atomic mass is 79.9. The van der Waals surface area contributed by atoms with Crippen molar-refractivity contribution in [2.75, 3.05) is 0 Å². The molecule has 0 saturated carbocycles. The van der Waals surface area contributed by atoms with Crippen molar-refractivity contribution in [1.29, 1.82) is 0 Å². The fourth-order valence-corrected chi connectivity index (χ4v) is 2.37. The van der Waals surface area contributed by atoms with Crippen LogP contribution in [-0.2, 0) is 0 Å². The van der Waals surface area contributed by atoms with Gasteiger partial charge in [0.2, 0.25) is 0 Å². The van der Waals surface area contributed by atoms with Crippen LogP contribution >= 0.6 is 27.5 Å². The van der Waals surface area contributed by atoms with Crippen LogP contribution in [0.25, 0.3) is 0 Å². The number of hydrogen-bond acceptors (Lipinski definition) is 2. The van der Waals surface area contributed by atoms with E-state index >= 15 is 0 Å². The van der Waals surface area contributed by atoms with Crippen molar-refractivity contribution < 1.29 is 4.39 Å². The molecule has 0 amide bonds. The minimum atomic E-state index is -0.443. The van der Waals surface area contributed by atoms with E-state index in [2.05, 4.69) is 21.4 Å². The molecule has 0 aliphatic carbocycles. The van der Waals surface area contributed by atoms with Crippen LogP contribution in [0.3, 0.4) is 0 Å². The molecule has 2 aromatic carbocycles. The van der Waals surface area contributed by atoms with E-state index in [1.807, 2.05) is 6.07 Å². The van der Waals surface area contributed by atoms with Crippen LogP contribution in [0.1, 0.15) is 17.2 Å². The third kappa shape index (κ3) is 2.90. The highest BCUT2D eigenvalue weighted by molar-refractivity contribution is 9.10. The Kier molecular flexibility index (Phi) is 4.35. The van der Waals surface area contributed by atoms with Gasteiger partial charge in [-0.3, -0.25) is 5.84 Å². The lowest BCUT2D eigenvalue weighted by Gasteiger charge is -2.18. The molecule has 1 atom stereocenters. The van der Waals surface area contributed by atoms with Crippen molar-refractivity contribution in [1.82, 2.24) is 5.43 Å². The molecule has 2 aromatic rings. The summed E-state index contributed by atoms with van der Waals surface area (Å²) >= 11 is 9.25. The van der Waals surface area contributed by atoms with Crippen molar-refractivity contribution in [2.45, 2.75) is 6.04 Å². The zero-order chi connectivity index (χ0) is 13.1. The average Bonchev–Trinajstić information content (AvgIpc) is 2.35. The number of nitrogens with one attached hydrogen (secondary N) is 1. The Morgan fingerprint density at radius 2 is 2.00 bits per heavy atom. The van der Waals surface area contributed by atoms with E-state index in [1.54, 1.807) is 30.3 Å². The molecule has 0 aliphatic rings. The SMILES string of the molecule is NNC(c1cccc(Cl)c1)c1cc(Br)ccc1F. The molecule has 0 spiro atoms. The van der Waals surface area contributed by atoms with Crippen LogP contribution < -0.4 is 11.3 Å². The molecule has 0 fully saturated rings. The normalized spacial score (nSPS) is 12.4. The third-order valence-corrected chi connectivity index (χ3v) is 3.35. The van der Waals surface area contributed by atoms with Crippen LogP contribution in [0.15, 0.2) is 46.9 Å². The third-order valence-electron chi connectivity index (χ3n) is 2.62. The van der Waals surface area contributed by atoms with Crippen molar-refractivity contribution in [3.8, 4) is 0 Å². The molecule has 0 saturated heterocycles. The summed E-state index contributed by atoms with van der Waals surface area (Å²) in [5.74, 6) is 5.21. The lowest BCUT2D eigenvalue weighted by Crippen LogP contribution is -2.29. The first kappa shape index (κ1) is 13.5. The van der Waals surface area contributed by atoms with Gasteiger partial charge in [-0.05, 0) is 35.9 Å². The Bertz CT molecular complexity index is 562. The molecule has 2 nitrogen and oxygen atoms in total. The molecule has 94 valence electrons. The molecule has 3 N–H and O–H groups in total. The fraction of sp³-hybridized carbons (Fsp3) is 0.0769. The van der Waals surface area contributed by atoms with Gasteiger partial charge in [0.1, 0.15) is 5.82 Å². The second kappa shape index (κ2) is 5.80. The summed E-state index contributed by atoms with van der Waals surface area (Å²) in [7, 11) is 0. The lowest BCUT2D eigenvalue weighted by molar-refractivity contribution is 0.560. The van der Waals surface area contributed by atoms with Gasteiger partial charge in [0, 0.05) is 15.1 Å². The number of hydrazine groups is 1. The largest absolute Gasteiger partial charge is 0.271 e. The van der Waals surface area contributed by atoms with Crippen LogP contribution in [0.5, 0.6) is 0 Å². The summed E-state index contributed by atoms with van der Waals surface area (Å²) in [5, 5.41) is 0.586. The molecule has 0 heterocycles. The Labute approximate surface area is 118 Å². The quantitative estimate of drug-likeness (QED) is 0.664. The van der Waals surface area contributed by atoms with Gasteiger partial charge in [0.25, 0.3) is 0 Å². The van der Waals surface area contributed by atoms with E-state index in [-0.39, 0.29) is 5.82 Å². The maximum Gasteiger partial charge on any atom is 0.128 e. The number of nitrogens with two attached hydrogens (primary N) is 1. The average molecular weight is 330 g/mol. The number of rotatable bonds is 3. The van der Waals surface area contributed by atoms with Gasteiger partial charge >= 0.3 is 0 Å². The Balaban J connectivity index is 2.48. The van der Waals surface area contributed by atoms with Gasteiger partial charge in [-0.2, -0.15) is 0 Å². The van der Waals surface area contributed by atoms with E-state index < -0.39 is 6.04 Å². The van der Waals surface area contributed by atoms with Gasteiger partial charge in [0.15, 0.2) is 0 Å². The second-order valence-electron chi connectivity index (χ2n) is 3.82. The Morgan fingerprint density at radius 1 is 1.22 bits per heavy atom. The smallest absolute Gasteiger partial charge is 0.128 e. The maximum atomic E-state index is 13.8. The van der Waals surface area contributed by atoms with Gasteiger partial charge in [-0.15, -0.1) is 0 Å². The molecular formula is C13H11BrClFN2.